The summed E-state index contributed by atoms with van der Waals surface area (Å²) in [6.07, 6.45) is 1.63. The van der Waals surface area contributed by atoms with Crippen molar-refractivity contribution in [1.82, 2.24) is 14.9 Å². The Bertz CT molecular complexity index is 888. The molecule has 0 spiro atoms. The second-order valence-corrected chi connectivity index (χ2v) is 7.16. The summed E-state index contributed by atoms with van der Waals surface area (Å²) in [6.45, 7) is 2.31. The molecule has 1 aliphatic rings. The molecule has 4 rings (SSSR count). The van der Waals surface area contributed by atoms with Gasteiger partial charge in [0.1, 0.15) is 17.0 Å². The highest BCUT2D eigenvalue weighted by molar-refractivity contribution is 7.18. The third-order valence-corrected chi connectivity index (χ3v) is 5.47. The fourth-order valence-electron chi connectivity index (χ4n) is 3.14. The molecule has 25 heavy (non-hydrogen) atoms. The zero-order valence-electron chi connectivity index (χ0n) is 13.6. The molecule has 128 valence electrons. The molecule has 2 aromatic heterocycles. The Morgan fingerprint density at radius 3 is 2.60 bits per heavy atom. The van der Waals surface area contributed by atoms with E-state index in [2.05, 4.69) is 45.2 Å². The standard InChI is InChI=1S/C18H18N4O2S/c23-18(24)22-8-6-21(7-9-22)16-15-11-14(25-17(15)20-12-19-16)10-13-4-2-1-3-5-13/h1-5,11-12H,6-10H2,(H,23,24). The van der Waals surface area contributed by atoms with Gasteiger partial charge in [0.05, 0.1) is 5.39 Å². The topological polar surface area (TPSA) is 69.6 Å². The van der Waals surface area contributed by atoms with Crippen LogP contribution in [0.3, 0.4) is 0 Å². The second-order valence-electron chi connectivity index (χ2n) is 6.05. The Morgan fingerprint density at radius 2 is 1.88 bits per heavy atom. The second kappa shape index (κ2) is 6.68. The lowest BCUT2D eigenvalue weighted by molar-refractivity contribution is 0.142. The number of fused-ring (bicyclic) bond motifs is 1. The molecule has 0 radical (unpaired) electrons. The third-order valence-electron chi connectivity index (χ3n) is 4.43. The number of carbonyl (C=O) groups is 1. The lowest BCUT2D eigenvalue weighted by atomic mass is 10.1. The largest absolute Gasteiger partial charge is 0.465 e. The van der Waals surface area contributed by atoms with Crippen LogP contribution in [0.4, 0.5) is 10.6 Å². The Hall–Kier alpha value is -2.67. The summed E-state index contributed by atoms with van der Waals surface area (Å²) in [5.41, 5.74) is 1.28. The van der Waals surface area contributed by atoms with Crippen LogP contribution in [0, 0.1) is 0 Å². The number of hydrogen-bond donors (Lipinski definition) is 1. The molecule has 0 aliphatic carbocycles. The minimum absolute atomic E-state index is 0.502. The smallest absolute Gasteiger partial charge is 0.407 e. The van der Waals surface area contributed by atoms with Gasteiger partial charge in [0, 0.05) is 37.5 Å². The molecule has 1 N–H and O–H groups in total. The Kier molecular flexibility index (Phi) is 4.23. The van der Waals surface area contributed by atoms with E-state index >= 15 is 0 Å². The zero-order valence-corrected chi connectivity index (χ0v) is 14.4. The lowest BCUT2D eigenvalue weighted by Gasteiger charge is -2.34. The van der Waals surface area contributed by atoms with Crippen molar-refractivity contribution in [1.29, 1.82) is 0 Å². The molecule has 3 aromatic rings. The minimum Gasteiger partial charge on any atom is -0.465 e. The normalized spacial score (nSPS) is 14.9. The maximum atomic E-state index is 11.1. The number of thiophene rings is 1. The van der Waals surface area contributed by atoms with E-state index in [0.717, 1.165) is 22.5 Å². The molecule has 6 nitrogen and oxygen atoms in total. The Morgan fingerprint density at radius 1 is 1.12 bits per heavy atom. The number of rotatable bonds is 3. The number of carboxylic acid groups (broad SMARTS) is 1. The molecular formula is C18H18N4O2S. The highest BCUT2D eigenvalue weighted by Gasteiger charge is 2.23. The van der Waals surface area contributed by atoms with Gasteiger partial charge in [-0.3, -0.25) is 0 Å². The molecule has 1 aliphatic heterocycles. The summed E-state index contributed by atoms with van der Waals surface area (Å²) in [7, 11) is 0. The summed E-state index contributed by atoms with van der Waals surface area (Å²) in [5.74, 6) is 0.908. The van der Waals surface area contributed by atoms with E-state index in [1.54, 1.807) is 17.7 Å². The average Bonchev–Trinajstić information content (AvgIpc) is 3.05. The van der Waals surface area contributed by atoms with Crippen molar-refractivity contribution in [3.63, 3.8) is 0 Å². The van der Waals surface area contributed by atoms with Crippen LogP contribution in [-0.4, -0.2) is 52.2 Å². The van der Waals surface area contributed by atoms with Gasteiger partial charge in [-0.2, -0.15) is 0 Å². The molecule has 0 bridgehead atoms. The Balaban J connectivity index is 1.59. The van der Waals surface area contributed by atoms with Crippen molar-refractivity contribution < 1.29 is 9.90 Å². The number of hydrogen-bond acceptors (Lipinski definition) is 5. The maximum Gasteiger partial charge on any atom is 0.407 e. The highest BCUT2D eigenvalue weighted by atomic mass is 32.1. The van der Waals surface area contributed by atoms with Crippen molar-refractivity contribution in [3.05, 3.63) is 53.2 Å². The third kappa shape index (κ3) is 3.28. The van der Waals surface area contributed by atoms with Gasteiger partial charge in [0.15, 0.2) is 0 Å². The van der Waals surface area contributed by atoms with E-state index < -0.39 is 6.09 Å². The van der Waals surface area contributed by atoms with Crippen molar-refractivity contribution >= 4 is 33.5 Å². The van der Waals surface area contributed by atoms with Gasteiger partial charge in [-0.1, -0.05) is 30.3 Å². The Labute approximate surface area is 149 Å². The van der Waals surface area contributed by atoms with Crippen molar-refractivity contribution in [3.8, 4) is 0 Å². The average molecular weight is 354 g/mol. The minimum atomic E-state index is -0.854. The summed E-state index contributed by atoms with van der Waals surface area (Å²) < 4.78 is 0. The number of anilines is 1. The van der Waals surface area contributed by atoms with E-state index in [-0.39, 0.29) is 0 Å². The monoisotopic (exact) mass is 354 g/mol. The molecule has 0 saturated carbocycles. The van der Waals surface area contributed by atoms with Crippen molar-refractivity contribution in [2.24, 2.45) is 0 Å². The number of nitrogens with zero attached hydrogens (tertiary/aromatic N) is 4. The molecule has 1 saturated heterocycles. The molecule has 0 unspecified atom stereocenters. The highest BCUT2D eigenvalue weighted by Crippen LogP contribution is 2.31. The van der Waals surface area contributed by atoms with Crippen LogP contribution in [0.5, 0.6) is 0 Å². The van der Waals surface area contributed by atoms with Crippen LogP contribution in [-0.2, 0) is 6.42 Å². The van der Waals surface area contributed by atoms with Gasteiger partial charge in [-0.15, -0.1) is 11.3 Å². The summed E-state index contributed by atoms with van der Waals surface area (Å²) in [6, 6.07) is 12.6. The summed E-state index contributed by atoms with van der Waals surface area (Å²) >= 11 is 1.69. The van der Waals surface area contributed by atoms with Crippen LogP contribution in [0.15, 0.2) is 42.7 Å². The van der Waals surface area contributed by atoms with Crippen LogP contribution >= 0.6 is 11.3 Å². The van der Waals surface area contributed by atoms with Crippen molar-refractivity contribution in [2.45, 2.75) is 6.42 Å². The van der Waals surface area contributed by atoms with Gasteiger partial charge in [0.25, 0.3) is 0 Å². The van der Waals surface area contributed by atoms with Gasteiger partial charge < -0.3 is 14.9 Å². The van der Waals surface area contributed by atoms with E-state index in [1.807, 2.05) is 6.07 Å². The SMILES string of the molecule is O=C(O)N1CCN(c2ncnc3sc(Cc4ccccc4)cc23)CC1. The van der Waals surface area contributed by atoms with Gasteiger partial charge in [-0.25, -0.2) is 14.8 Å². The van der Waals surface area contributed by atoms with E-state index in [0.29, 0.717) is 26.2 Å². The van der Waals surface area contributed by atoms with Crippen molar-refractivity contribution in [2.75, 3.05) is 31.1 Å². The van der Waals surface area contributed by atoms with Gasteiger partial charge in [0.2, 0.25) is 0 Å². The fraction of sp³-hybridized carbons (Fsp3) is 0.278. The zero-order chi connectivity index (χ0) is 17.2. The summed E-state index contributed by atoms with van der Waals surface area (Å²) in [4.78, 5) is 25.8. The maximum absolute atomic E-state index is 11.1. The summed E-state index contributed by atoms with van der Waals surface area (Å²) in [5, 5.41) is 10.2. The molecule has 1 fully saturated rings. The van der Waals surface area contributed by atoms with E-state index in [1.165, 1.54) is 15.3 Å². The predicted molar refractivity (Wildman–Crippen MR) is 98.5 cm³/mol. The van der Waals surface area contributed by atoms with Crippen LogP contribution in [0.25, 0.3) is 10.2 Å². The molecule has 1 aromatic carbocycles. The molecule has 1 amide bonds. The van der Waals surface area contributed by atoms with Gasteiger partial charge in [-0.05, 0) is 11.6 Å². The number of piperazine rings is 1. The molecular weight excluding hydrogens is 336 g/mol. The number of benzene rings is 1. The van der Waals surface area contributed by atoms with Gasteiger partial charge >= 0.3 is 6.09 Å². The molecule has 0 atom stereocenters. The van der Waals surface area contributed by atoms with E-state index in [9.17, 15) is 4.79 Å². The number of aromatic nitrogens is 2. The first kappa shape index (κ1) is 15.8. The van der Waals surface area contributed by atoms with E-state index in [4.69, 9.17) is 5.11 Å². The van der Waals surface area contributed by atoms with Crippen LogP contribution < -0.4 is 4.90 Å². The first-order valence-electron chi connectivity index (χ1n) is 8.21. The number of amides is 1. The lowest BCUT2D eigenvalue weighted by Crippen LogP contribution is -2.48. The first-order chi connectivity index (χ1) is 12.2. The molecule has 3 heterocycles. The predicted octanol–water partition coefficient (Wildman–Crippen LogP) is 3.08. The quantitative estimate of drug-likeness (QED) is 0.783. The fourth-order valence-corrected chi connectivity index (χ4v) is 4.16. The first-order valence-corrected chi connectivity index (χ1v) is 9.02. The van der Waals surface area contributed by atoms with Crippen LogP contribution in [0.2, 0.25) is 0 Å². The van der Waals surface area contributed by atoms with Crippen LogP contribution in [0.1, 0.15) is 10.4 Å². The molecule has 7 heteroatoms.